The first-order valence-corrected chi connectivity index (χ1v) is 6.08. The van der Waals surface area contributed by atoms with Gasteiger partial charge in [0.2, 0.25) is 0 Å². The number of hydrogen-bond donors (Lipinski definition) is 2. The molecule has 6 nitrogen and oxygen atoms in total. The Morgan fingerprint density at radius 1 is 1.55 bits per heavy atom. The number of carbonyl (C=O) groups is 2. The van der Waals surface area contributed by atoms with E-state index >= 15 is 0 Å². The standard InChI is InChI=1S/C13H15ClN2O4/c1-3-6-16(8-12(17)18)13(19)15-9-4-5-10(14)11(7-9)20-2/h3-5,7H,1,6,8H2,2H3,(H,15,19)(H,17,18). The first-order chi connectivity index (χ1) is 9.47. The number of amides is 2. The predicted molar refractivity (Wildman–Crippen MR) is 76.4 cm³/mol. The second-order valence-electron chi connectivity index (χ2n) is 3.84. The van der Waals surface area contributed by atoms with Crippen LogP contribution in [0.15, 0.2) is 30.9 Å². The van der Waals surface area contributed by atoms with Crippen LogP contribution in [0.2, 0.25) is 5.02 Å². The van der Waals surface area contributed by atoms with Crippen LogP contribution in [0.25, 0.3) is 0 Å². The van der Waals surface area contributed by atoms with Crippen LogP contribution in [-0.4, -0.2) is 42.2 Å². The summed E-state index contributed by atoms with van der Waals surface area (Å²) in [7, 11) is 1.46. The number of ether oxygens (including phenoxy) is 1. The molecule has 0 atom stereocenters. The molecule has 2 amide bonds. The number of carboxylic acid groups (broad SMARTS) is 1. The van der Waals surface area contributed by atoms with Crippen LogP contribution in [0.5, 0.6) is 5.75 Å². The Labute approximate surface area is 121 Å². The number of carbonyl (C=O) groups excluding carboxylic acids is 1. The van der Waals surface area contributed by atoms with E-state index in [-0.39, 0.29) is 6.54 Å². The smallest absolute Gasteiger partial charge is 0.323 e. The maximum Gasteiger partial charge on any atom is 0.323 e. The molecule has 0 radical (unpaired) electrons. The topological polar surface area (TPSA) is 78.9 Å². The van der Waals surface area contributed by atoms with Crippen LogP contribution in [0.1, 0.15) is 0 Å². The zero-order valence-corrected chi connectivity index (χ0v) is 11.7. The maximum absolute atomic E-state index is 12.0. The summed E-state index contributed by atoms with van der Waals surface area (Å²) in [4.78, 5) is 23.8. The molecule has 0 aliphatic carbocycles. The number of nitrogens with zero attached hydrogens (tertiary/aromatic N) is 1. The lowest BCUT2D eigenvalue weighted by atomic mass is 10.3. The number of nitrogens with one attached hydrogen (secondary N) is 1. The molecule has 108 valence electrons. The third-order valence-electron chi connectivity index (χ3n) is 2.37. The summed E-state index contributed by atoms with van der Waals surface area (Å²) >= 11 is 5.87. The highest BCUT2D eigenvalue weighted by atomic mass is 35.5. The molecule has 0 heterocycles. The van der Waals surface area contributed by atoms with Crippen LogP contribution < -0.4 is 10.1 Å². The number of aliphatic carboxylic acids is 1. The van der Waals surface area contributed by atoms with Gasteiger partial charge in [0.15, 0.2) is 0 Å². The lowest BCUT2D eigenvalue weighted by molar-refractivity contribution is -0.137. The minimum atomic E-state index is -1.10. The zero-order chi connectivity index (χ0) is 15.1. The number of carboxylic acids is 1. The fraction of sp³-hybridized carbons (Fsp3) is 0.231. The van der Waals surface area contributed by atoms with Crippen molar-refractivity contribution in [3.63, 3.8) is 0 Å². The summed E-state index contributed by atoms with van der Waals surface area (Å²) in [5.41, 5.74) is 0.454. The van der Waals surface area contributed by atoms with Crippen molar-refractivity contribution in [2.75, 3.05) is 25.5 Å². The second-order valence-corrected chi connectivity index (χ2v) is 4.25. The Morgan fingerprint density at radius 3 is 2.80 bits per heavy atom. The molecule has 0 aliphatic heterocycles. The van der Waals surface area contributed by atoms with Gasteiger partial charge in [-0.15, -0.1) is 6.58 Å². The molecule has 0 saturated carbocycles. The summed E-state index contributed by atoms with van der Waals surface area (Å²) in [6.45, 7) is 3.20. The number of hydrogen-bond acceptors (Lipinski definition) is 3. The molecular weight excluding hydrogens is 284 g/mol. The van der Waals surface area contributed by atoms with Crippen molar-refractivity contribution in [1.29, 1.82) is 0 Å². The van der Waals surface area contributed by atoms with E-state index < -0.39 is 18.5 Å². The lowest BCUT2D eigenvalue weighted by Crippen LogP contribution is -2.38. The zero-order valence-electron chi connectivity index (χ0n) is 10.9. The summed E-state index contributed by atoms with van der Waals surface area (Å²) in [6.07, 6.45) is 1.45. The van der Waals surface area contributed by atoms with Gasteiger partial charge in [-0.3, -0.25) is 4.79 Å². The Kier molecular flexibility index (Phi) is 5.86. The Bertz CT molecular complexity index is 519. The third kappa shape index (κ3) is 4.47. The van der Waals surface area contributed by atoms with E-state index in [1.165, 1.54) is 13.2 Å². The third-order valence-corrected chi connectivity index (χ3v) is 2.68. The molecule has 0 aliphatic rings. The van der Waals surface area contributed by atoms with Gasteiger partial charge in [0.25, 0.3) is 0 Å². The van der Waals surface area contributed by atoms with Crippen molar-refractivity contribution < 1.29 is 19.4 Å². The van der Waals surface area contributed by atoms with E-state index in [0.717, 1.165) is 4.90 Å². The van der Waals surface area contributed by atoms with Crippen LogP contribution in [0.4, 0.5) is 10.5 Å². The average Bonchev–Trinajstić information content (AvgIpc) is 2.40. The molecule has 20 heavy (non-hydrogen) atoms. The minimum Gasteiger partial charge on any atom is -0.495 e. The highest BCUT2D eigenvalue weighted by Gasteiger charge is 2.16. The number of benzene rings is 1. The van der Waals surface area contributed by atoms with Crippen molar-refractivity contribution in [2.45, 2.75) is 0 Å². The fourth-order valence-electron chi connectivity index (χ4n) is 1.48. The first-order valence-electron chi connectivity index (χ1n) is 5.70. The fourth-order valence-corrected chi connectivity index (χ4v) is 1.67. The van der Waals surface area contributed by atoms with Gasteiger partial charge in [0, 0.05) is 18.3 Å². The van der Waals surface area contributed by atoms with Gasteiger partial charge in [0.1, 0.15) is 12.3 Å². The molecule has 0 saturated heterocycles. The van der Waals surface area contributed by atoms with Gasteiger partial charge < -0.3 is 20.1 Å². The summed E-state index contributed by atoms with van der Waals surface area (Å²) < 4.78 is 5.03. The van der Waals surface area contributed by atoms with Crippen molar-refractivity contribution in [3.05, 3.63) is 35.9 Å². The maximum atomic E-state index is 12.0. The summed E-state index contributed by atoms with van der Waals surface area (Å²) in [5, 5.41) is 11.7. The molecule has 0 spiro atoms. The summed E-state index contributed by atoms with van der Waals surface area (Å²) in [5.74, 6) is -0.686. The Balaban J connectivity index is 2.81. The van der Waals surface area contributed by atoms with E-state index in [4.69, 9.17) is 21.4 Å². The van der Waals surface area contributed by atoms with Crippen LogP contribution in [-0.2, 0) is 4.79 Å². The average molecular weight is 299 g/mol. The molecule has 2 N–H and O–H groups in total. The van der Waals surface area contributed by atoms with Gasteiger partial charge in [-0.2, -0.15) is 0 Å². The predicted octanol–water partition coefficient (Wildman–Crippen LogP) is 2.45. The van der Waals surface area contributed by atoms with Gasteiger partial charge in [-0.05, 0) is 12.1 Å². The van der Waals surface area contributed by atoms with Crippen LogP contribution in [0, 0.1) is 0 Å². The van der Waals surface area contributed by atoms with Gasteiger partial charge in [-0.1, -0.05) is 17.7 Å². The number of anilines is 1. The summed E-state index contributed by atoms with van der Waals surface area (Å²) in [6, 6.07) is 4.17. The first kappa shape index (κ1) is 15.8. The minimum absolute atomic E-state index is 0.128. The number of urea groups is 1. The molecular formula is C13H15ClN2O4. The highest BCUT2D eigenvalue weighted by Crippen LogP contribution is 2.27. The lowest BCUT2D eigenvalue weighted by Gasteiger charge is -2.19. The van der Waals surface area contributed by atoms with E-state index in [1.54, 1.807) is 18.2 Å². The van der Waals surface area contributed by atoms with Gasteiger partial charge in [-0.25, -0.2) is 4.79 Å². The number of halogens is 1. The molecule has 0 bridgehead atoms. The van der Waals surface area contributed by atoms with Crippen LogP contribution >= 0.6 is 11.6 Å². The molecule has 1 rings (SSSR count). The SMILES string of the molecule is C=CCN(CC(=O)O)C(=O)Nc1ccc(Cl)c(OC)c1. The molecule has 0 unspecified atom stereocenters. The van der Waals surface area contributed by atoms with E-state index in [1.807, 2.05) is 0 Å². The molecule has 7 heteroatoms. The van der Waals surface area contributed by atoms with E-state index in [0.29, 0.717) is 16.5 Å². The number of methoxy groups -OCH3 is 1. The Morgan fingerprint density at radius 2 is 2.25 bits per heavy atom. The Hall–Kier alpha value is -2.21. The van der Waals surface area contributed by atoms with E-state index in [2.05, 4.69) is 11.9 Å². The van der Waals surface area contributed by atoms with Crippen molar-refractivity contribution in [2.24, 2.45) is 0 Å². The van der Waals surface area contributed by atoms with Crippen LogP contribution in [0.3, 0.4) is 0 Å². The molecule has 1 aromatic carbocycles. The molecule has 0 aromatic heterocycles. The van der Waals surface area contributed by atoms with E-state index in [9.17, 15) is 9.59 Å². The van der Waals surface area contributed by atoms with Gasteiger partial charge in [0.05, 0.1) is 12.1 Å². The normalized spacial score (nSPS) is 9.70. The molecule has 1 aromatic rings. The number of rotatable bonds is 6. The quantitative estimate of drug-likeness (QED) is 0.791. The second kappa shape index (κ2) is 7.40. The molecule has 0 fully saturated rings. The monoisotopic (exact) mass is 298 g/mol. The van der Waals surface area contributed by atoms with Crippen molar-refractivity contribution >= 4 is 29.3 Å². The highest BCUT2D eigenvalue weighted by molar-refractivity contribution is 6.32. The van der Waals surface area contributed by atoms with Gasteiger partial charge >= 0.3 is 12.0 Å². The van der Waals surface area contributed by atoms with Crippen molar-refractivity contribution in [3.8, 4) is 5.75 Å². The largest absolute Gasteiger partial charge is 0.495 e. The van der Waals surface area contributed by atoms with Crippen molar-refractivity contribution in [1.82, 2.24) is 4.90 Å².